The van der Waals surface area contributed by atoms with Crippen LogP contribution in [0.3, 0.4) is 0 Å². The highest BCUT2D eigenvalue weighted by Gasteiger charge is 2.32. The highest BCUT2D eigenvalue weighted by molar-refractivity contribution is 6.38. The first-order valence-corrected chi connectivity index (χ1v) is 13.0. The van der Waals surface area contributed by atoms with Crippen molar-refractivity contribution in [3.63, 3.8) is 0 Å². The Labute approximate surface area is 218 Å². The Kier molecular flexibility index (Phi) is 6.77. The first-order valence-electron chi connectivity index (χ1n) is 12.2. The first-order chi connectivity index (χ1) is 17.0. The molecule has 2 heterocycles. The maximum atomic E-state index is 13.4. The molecule has 1 aliphatic heterocycles. The number of benzene rings is 2. The molecule has 3 aromatic rings. The van der Waals surface area contributed by atoms with Crippen LogP contribution in [0, 0.1) is 6.92 Å². The summed E-state index contributed by atoms with van der Waals surface area (Å²) in [4.78, 5) is 17.7. The van der Waals surface area contributed by atoms with Crippen molar-refractivity contribution in [3.05, 3.63) is 68.3 Å². The van der Waals surface area contributed by atoms with E-state index >= 15 is 0 Å². The minimum atomic E-state index is -4.42. The van der Waals surface area contributed by atoms with Gasteiger partial charge in [0.05, 0.1) is 16.1 Å². The van der Waals surface area contributed by atoms with Gasteiger partial charge < -0.3 is 9.47 Å². The highest BCUT2D eigenvalue weighted by Crippen LogP contribution is 2.36. The molecule has 36 heavy (non-hydrogen) atoms. The SMILES string of the molecule is Cc1cc(C(F)(F)F)cc2c1cc(Cc1c(Cl)ccc(C(=O)N3CCN(C4CCC4)CC3)c1Cl)n2C. The van der Waals surface area contributed by atoms with Gasteiger partial charge in [0, 0.05) is 67.3 Å². The van der Waals surface area contributed by atoms with Crippen molar-refractivity contribution in [3.8, 4) is 0 Å². The quantitative estimate of drug-likeness (QED) is 0.369. The van der Waals surface area contributed by atoms with E-state index in [9.17, 15) is 18.0 Å². The summed E-state index contributed by atoms with van der Waals surface area (Å²) in [5.41, 5.74) is 2.11. The fraction of sp³-hybridized carbons (Fsp3) is 0.444. The average molecular weight is 538 g/mol. The van der Waals surface area contributed by atoms with Crippen LogP contribution < -0.4 is 0 Å². The van der Waals surface area contributed by atoms with Crippen molar-refractivity contribution in [1.82, 2.24) is 14.4 Å². The van der Waals surface area contributed by atoms with E-state index < -0.39 is 11.7 Å². The summed E-state index contributed by atoms with van der Waals surface area (Å²) < 4.78 is 41.8. The number of amides is 1. The van der Waals surface area contributed by atoms with E-state index in [1.54, 1.807) is 30.7 Å². The Hall–Kier alpha value is -2.22. The lowest BCUT2D eigenvalue weighted by atomic mass is 9.91. The van der Waals surface area contributed by atoms with Crippen LogP contribution >= 0.6 is 23.2 Å². The van der Waals surface area contributed by atoms with Crippen molar-refractivity contribution in [2.45, 2.75) is 44.8 Å². The summed E-state index contributed by atoms with van der Waals surface area (Å²) >= 11 is 13.3. The maximum Gasteiger partial charge on any atom is 0.416 e. The molecule has 0 spiro atoms. The third kappa shape index (κ3) is 4.61. The van der Waals surface area contributed by atoms with Gasteiger partial charge in [-0.05, 0) is 61.2 Å². The average Bonchev–Trinajstić information content (AvgIpc) is 3.11. The van der Waals surface area contributed by atoms with E-state index in [1.165, 1.54) is 19.3 Å². The Morgan fingerprint density at radius 2 is 1.75 bits per heavy atom. The normalized spacial score (nSPS) is 17.6. The summed E-state index contributed by atoms with van der Waals surface area (Å²) in [6.07, 6.45) is -0.363. The largest absolute Gasteiger partial charge is 0.416 e. The van der Waals surface area contributed by atoms with E-state index in [0.29, 0.717) is 57.8 Å². The van der Waals surface area contributed by atoms with Crippen LogP contribution in [0.25, 0.3) is 10.9 Å². The van der Waals surface area contributed by atoms with Crippen LogP contribution in [0.4, 0.5) is 13.2 Å². The fourth-order valence-corrected chi connectivity index (χ4v) is 5.90. The van der Waals surface area contributed by atoms with Crippen molar-refractivity contribution in [1.29, 1.82) is 0 Å². The minimum absolute atomic E-state index is 0.117. The lowest BCUT2D eigenvalue weighted by molar-refractivity contribution is -0.137. The Bertz CT molecular complexity index is 1320. The van der Waals surface area contributed by atoms with Gasteiger partial charge in [-0.2, -0.15) is 13.2 Å². The fourth-order valence-electron chi connectivity index (χ4n) is 5.31. The molecule has 0 radical (unpaired) electrons. The number of carbonyl (C=O) groups is 1. The molecule has 5 rings (SSSR count). The summed E-state index contributed by atoms with van der Waals surface area (Å²) in [6, 6.07) is 8.19. The summed E-state index contributed by atoms with van der Waals surface area (Å²) in [6.45, 7) is 4.72. The van der Waals surface area contributed by atoms with Gasteiger partial charge in [-0.3, -0.25) is 9.69 Å². The number of carbonyl (C=O) groups excluding carboxylic acids is 1. The molecular formula is C27H28Cl2F3N3O. The third-order valence-corrected chi connectivity index (χ3v) is 8.55. The molecule has 0 bridgehead atoms. The van der Waals surface area contributed by atoms with Gasteiger partial charge in [0.1, 0.15) is 0 Å². The highest BCUT2D eigenvalue weighted by atomic mass is 35.5. The standard InChI is InChI=1S/C27H28Cl2F3N3O/c1-16-12-17(27(30,31)32)13-24-21(16)14-19(33(24)2)15-22-23(28)7-6-20(25(22)29)26(36)35-10-8-34(9-11-35)18-4-3-5-18/h6-7,12-14,18H,3-5,8-11,15H2,1-2H3. The molecule has 2 aromatic carbocycles. The number of hydrogen-bond acceptors (Lipinski definition) is 2. The molecular weight excluding hydrogens is 510 g/mol. The second kappa shape index (κ2) is 9.58. The second-order valence-electron chi connectivity index (χ2n) is 9.90. The molecule has 0 unspecified atom stereocenters. The lowest BCUT2D eigenvalue weighted by Crippen LogP contribution is -2.53. The van der Waals surface area contributed by atoms with Crippen LogP contribution in [0.15, 0.2) is 30.3 Å². The molecule has 1 amide bonds. The zero-order valence-electron chi connectivity index (χ0n) is 20.3. The van der Waals surface area contributed by atoms with Gasteiger partial charge in [0.15, 0.2) is 0 Å². The molecule has 192 valence electrons. The van der Waals surface area contributed by atoms with Crippen LogP contribution in [0.5, 0.6) is 0 Å². The van der Waals surface area contributed by atoms with Gasteiger partial charge in [-0.15, -0.1) is 0 Å². The summed E-state index contributed by atoms with van der Waals surface area (Å²) in [5, 5.41) is 1.46. The van der Waals surface area contributed by atoms with Gasteiger partial charge in [-0.25, -0.2) is 0 Å². The molecule has 1 saturated heterocycles. The van der Waals surface area contributed by atoms with Crippen LogP contribution in [-0.2, 0) is 19.6 Å². The molecule has 4 nitrogen and oxygen atoms in total. The number of hydrogen-bond donors (Lipinski definition) is 0. The molecule has 0 N–H and O–H groups in total. The first kappa shape index (κ1) is 25.4. The number of alkyl halides is 3. The van der Waals surface area contributed by atoms with E-state index in [0.717, 1.165) is 36.3 Å². The molecule has 9 heteroatoms. The molecule has 1 aliphatic carbocycles. The van der Waals surface area contributed by atoms with Gasteiger partial charge in [-0.1, -0.05) is 29.6 Å². The number of aromatic nitrogens is 1. The van der Waals surface area contributed by atoms with Crippen molar-refractivity contribution >= 4 is 40.0 Å². The zero-order chi connectivity index (χ0) is 25.8. The molecule has 2 aliphatic rings. The molecule has 1 aromatic heterocycles. The molecule has 0 atom stereocenters. The molecule has 1 saturated carbocycles. The maximum absolute atomic E-state index is 13.4. The van der Waals surface area contributed by atoms with Crippen LogP contribution in [0.1, 0.15) is 52.0 Å². The van der Waals surface area contributed by atoms with E-state index in [-0.39, 0.29) is 5.91 Å². The van der Waals surface area contributed by atoms with Crippen molar-refractivity contribution in [2.24, 2.45) is 7.05 Å². The topological polar surface area (TPSA) is 28.5 Å². The van der Waals surface area contributed by atoms with Gasteiger partial charge in [0.2, 0.25) is 0 Å². The number of aryl methyl sites for hydroxylation is 2. The number of halogens is 5. The van der Waals surface area contributed by atoms with E-state index in [1.807, 2.05) is 11.0 Å². The zero-order valence-corrected chi connectivity index (χ0v) is 21.8. The lowest BCUT2D eigenvalue weighted by Gasteiger charge is -2.43. The minimum Gasteiger partial charge on any atom is -0.347 e. The Morgan fingerprint density at radius 1 is 1.06 bits per heavy atom. The van der Waals surface area contributed by atoms with E-state index in [4.69, 9.17) is 23.2 Å². The number of piperazine rings is 1. The molecule has 2 fully saturated rings. The van der Waals surface area contributed by atoms with Gasteiger partial charge >= 0.3 is 6.18 Å². The second-order valence-corrected chi connectivity index (χ2v) is 10.7. The monoisotopic (exact) mass is 537 g/mol. The summed E-state index contributed by atoms with van der Waals surface area (Å²) in [5.74, 6) is -0.117. The van der Waals surface area contributed by atoms with Crippen molar-refractivity contribution in [2.75, 3.05) is 26.2 Å². The van der Waals surface area contributed by atoms with Crippen LogP contribution in [0.2, 0.25) is 10.0 Å². The van der Waals surface area contributed by atoms with Gasteiger partial charge in [0.25, 0.3) is 5.91 Å². The third-order valence-electron chi connectivity index (χ3n) is 7.76. The van der Waals surface area contributed by atoms with E-state index in [2.05, 4.69) is 4.90 Å². The van der Waals surface area contributed by atoms with Crippen LogP contribution in [-0.4, -0.2) is 52.5 Å². The number of fused-ring (bicyclic) bond motifs is 1. The predicted molar refractivity (Wildman–Crippen MR) is 137 cm³/mol. The smallest absolute Gasteiger partial charge is 0.347 e. The Balaban J connectivity index is 1.41. The predicted octanol–water partition coefficient (Wildman–Crippen LogP) is 6.71. The van der Waals surface area contributed by atoms with Crippen molar-refractivity contribution < 1.29 is 18.0 Å². The number of rotatable bonds is 4. The summed E-state index contributed by atoms with van der Waals surface area (Å²) in [7, 11) is 1.73. The Morgan fingerprint density at radius 3 is 2.36 bits per heavy atom. The number of nitrogens with zero attached hydrogens (tertiary/aromatic N) is 3.